The number of carbonyl (C=O) groups is 1. The second-order valence-corrected chi connectivity index (χ2v) is 9.08. The molecule has 1 aliphatic heterocycles. The Morgan fingerprint density at radius 3 is 2.73 bits per heavy atom. The van der Waals surface area contributed by atoms with Gasteiger partial charge in [-0.25, -0.2) is 4.98 Å². The van der Waals surface area contributed by atoms with E-state index in [0.29, 0.717) is 32.4 Å². The Morgan fingerprint density at radius 2 is 1.91 bits per heavy atom. The fourth-order valence-electron chi connectivity index (χ4n) is 4.23. The minimum absolute atomic E-state index is 0.0283. The van der Waals surface area contributed by atoms with Crippen molar-refractivity contribution >= 4 is 55.2 Å². The summed E-state index contributed by atoms with van der Waals surface area (Å²) in [5.41, 5.74) is 1.85. The number of hydrogen-bond acceptors (Lipinski definition) is 6. The van der Waals surface area contributed by atoms with E-state index in [1.54, 1.807) is 49.6 Å². The van der Waals surface area contributed by atoms with Crippen LogP contribution in [-0.4, -0.2) is 18.0 Å². The minimum atomic E-state index is -0.713. The Balaban J connectivity index is 1.63. The quantitative estimate of drug-likeness (QED) is 0.329. The molecule has 5 aromatic rings. The number of fused-ring (bicyclic) bond motifs is 3. The van der Waals surface area contributed by atoms with Crippen LogP contribution in [0.4, 0.5) is 5.13 Å². The van der Waals surface area contributed by atoms with Gasteiger partial charge in [-0.3, -0.25) is 14.5 Å². The smallest absolute Gasteiger partial charge is 0.297 e. The highest BCUT2D eigenvalue weighted by Gasteiger charge is 2.45. The van der Waals surface area contributed by atoms with Gasteiger partial charge in [0.2, 0.25) is 5.76 Å². The minimum Gasteiger partial charge on any atom is -0.497 e. The van der Waals surface area contributed by atoms with Crippen molar-refractivity contribution < 1.29 is 13.9 Å². The SMILES string of the molecule is COc1ccc2nc(N3C(=O)c4oc5ccccc5c(=O)c4[C@H]3c3cccc(Cl)c3)sc2c1. The number of methoxy groups -OCH3 is 1. The number of hydrogen-bond donors (Lipinski definition) is 0. The van der Waals surface area contributed by atoms with Gasteiger partial charge in [-0.05, 0) is 48.0 Å². The molecule has 1 amide bonds. The maximum absolute atomic E-state index is 13.7. The van der Waals surface area contributed by atoms with Gasteiger partial charge in [-0.2, -0.15) is 0 Å². The Morgan fingerprint density at radius 1 is 1.06 bits per heavy atom. The summed E-state index contributed by atoms with van der Waals surface area (Å²) in [5.74, 6) is 0.313. The van der Waals surface area contributed by atoms with Crippen molar-refractivity contribution in [1.82, 2.24) is 4.98 Å². The molecule has 6 rings (SSSR count). The molecule has 162 valence electrons. The molecule has 6 nitrogen and oxygen atoms in total. The average Bonchev–Trinajstić information content (AvgIpc) is 3.37. The number of rotatable bonds is 3. The van der Waals surface area contributed by atoms with Gasteiger partial charge in [0.25, 0.3) is 5.91 Å². The lowest BCUT2D eigenvalue weighted by molar-refractivity contribution is 0.0971. The third-order valence-electron chi connectivity index (χ3n) is 5.73. The lowest BCUT2D eigenvalue weighted by Gasteiger charge is -2.22. The maximum atomic E-state index is 13.7. The third-order valence-corrected chi connectivity index (χ3v) is 6.99. The van der Waals surface area contributed by atoms with Crippen LogP contribution in [0.15, 0.2) is 75.9 Å². The summed E-state index contributed by atoms with van der Waals surface area (Å²) < 4.78 is 12.2. The molecule has 0 fully saturated rings. The highest BCUT2D eigenvalue weighted by Crippen LogP contribution is 2.44. The van der Waals surface area contributed by atoms with Gasteiger partial charge in [0.05, 0.1) is 34.3 Å². The molecule has 2 aromatic heterocycles. The van der Waals surface area contributed by atoms with Crippen LogP contribution in [0.25, 0.3) is 21.2 Å². The second-order valence-electron chi connectivity index (χ2n) is 7.63. The van der Waals surface area contributed by atoms with Gasteiger partial charge in [0, 0.05) is 5.02 Å². The summed E-state index contributed by atoms with van der Waals surface area (Å²) in [6, 6.07) is 18.9. The molecule has 0 bridgehead atoms. The molecule has 1 atom stereocenters. The van der Waals surface area contributed by atoms with Crippen molar-refractivity contribution in [2.24, 2.45) is 0 Å². The predicted octanol–water partition coefficient (Wildman–Crippen LogP) is 5.81. The lowest BCUT2D eigenvalue weighted by atomic mass is 9.99. The molecule has 0 unspecified atom stereocenters. The topological polar surface area (TPSA) is 72.6 Å². The zero-order valence-electron chi connectivity index (χ0n) is 17.2. The van der Waals surface area contributed by atoms with Crippen molar-refractivity contribution in [3.63, 3.8) is 0 Å². The van der Waals surface area contributed by atoms with Crippen molar-refractivity contribution in [2.75, 3.05) is 12.0 Å². The maximum Gasteiger partial charge on any atom is 0.297 e. The number of carbonyl (C=O) groups excluding carboxylic acids is 1. The molecule has 8 heteroatoms. The molecule has 0 radical (unpaired) electrons. The first kappa shape index (κ1) is 20.0. The van der Waals surface area contributed by atoms with Crippen molar-refractivity contribution in [1.29, 1.82) is 0 Å². The van der Waals surface area contributed by atoms with E-state index in [9.17, 15) is 9.59 Å². The molecule has 0 saturated carbocycles. The number of para-hydroxylation sites is 1. The summed E-state index contributed by atoms with van der Waals surface area (Å²) in [7, 11) is 1.60. The molecule has 3 heterocycles. The van der Waals surface area contributed by atoms with Crippen molar-refractivity contribution in [3.8, 4) is 5.75 Å². The van der Waals surface area contributed by atoms with Gasteiger partial charge in [-0.1, -0.05) is 47.2 Å². The Hall–Kier alpha value is -3.68. The van der Waals surface area contributed by atoms with Gasteiger partial charge in [0.15, 0.2) is 10.6 Å². The number of benzene rings is 3. The molecule has 1 aliphatic rings. The standard InChI is InChI=1S/C25H15ClN2O4S/c1-31-15-9-10-17-19(12-15)33-25(27-17)28-21(13-5-4-6-14(26)11-13)20-22(29)16-7-2-3-8-18(16)32-23(20)24(28)30/h2-12,21H,1H3/t21-/m1/s1. The van der Waals surface area contributed by atoms with Gasteiger partial charge >= 0.3 is 0 Å². The molecule has 0 spiro atoms. The normalized spacial score (nSPS) is 15.4. The highest BCUT2D eigenvalue weighted by atomic mass is 35.5. The molecular weight excluding hydrogens is 460 g/mol. The first-order valence-corrected chi connectivity index (χ1v) is 11.3. The van der Waals surface area contributed by atoms with E-state index >= 15 is 0 Å². The number of ether oxygens (including phenoxy) is 1. The summed E-state index contributed by atoms with van der Waals surface area (Å²) in [6.07, 6.45) is 0. The molecular formula is C25H15ClN2O4S. The summed E-state index contributed by atoms with van der Waals surface area (Å²) >= 11 is 7.63. The number of nitrogens with zero attached hydrogens (tertiary/aromatic N) is 2. The number of aromatic nitrogens is 1. The van der Waals surface area contributed by atoms with Gasteiger partial charge in [-0.15, -0.1) is 0 Å². The van der Waals surface area contributed by atoms with Crippen LogP contribution in [0.5, 0.6) is 5.75 Å². The number of halogens is 1. The molecule has 0 saturated heterocycles. The van der Waals surface area contributed by atoms with Gasteiger partial charge in [0.1, 0.15) is 11.3 Å². The van der Waals surface area contributed by atoms with E-state index < -0.39 is 11.9 Å². The van der Waals surface area contributed by atoms with Crippen molar-refractivity contribution in [3.05, 3.63) is 98.9 Å². The van der Waals surface area contributed by atoms with Crippen LogP contribution in [0, 0.1) is 0 Å². The molecule has 3 aromatic carbocycles. The second kappa shape index (κ2) is 7.43. The largest absolute Gasteiger partial charge is 0.497 e. The summed E-state index contributed by atoms with van der Waals surface area (Å²) in [6.45, 7) is 0. The zero-order chi connectivity index (χ0) is 22.7. The fraction of sp³-hybridized carbons (Fsp3) is 0.0800. The van der Waals surface area contributed by atoms with E-state index in [4.69, 9.17) is 25.7 Å². The number of thiazole rings is 1. The third kappa shape index (κ3) is 3.04. The number of anilines is 1. The van der Waals surface area contributed by atoms with Crippen LogP contribution < -0.4 is 15.1 Å². The zero-order valence-corrected chi connectivity index (χ0v) is 18.8. The average molecular weight is 475 g/mol. The van der Waals surface area contributed by atoms with E-state index in [-0.39, 0.29) is 16.8 Å². The van der Waals surface area contributed by atoms with E-state index in [2.05, 4.69) is 0 Å². The Labute approximate surface area is 196 Å². The van der Waals surface area contributed by atoms with Crippen LogP contribution in [0.1, 0.15) is 27.7 Å². The van der Waals surface area contributed by atoms with E-state index in [0.717, 1.165) is 10.2 Å². The highest BCUT2D eigenvalue weighted by molar-refractivity contribution is 7.22. The van der Waals surface area contributed by atoms with Crippen LogP contribution in [0.2, 0.25) is 5.02 Å². The summed E-state index contributed by atoms with van der Waals surface area (Å²) in [5, 5.41) is 1.39. The lowest BCUT2D eigenvalue weighted by Crippen LogP contribution is -2.29. The van der Waals surface area contributed by atoms with Gasteiger partial charge < -0.3 is 9.15 Å². The molecule has 33 heavy (non-hydrogen) atoms. The van der Waals surface area contributed by atoms with Crippen LogP contribution >= 0.6 is 22.9 Å². The van der Waals surface area contributed by atoms with Crippen LogP contribution in [0.3, 0.4) is 0 Å². The first-order chi connectivity index (χ1) is 16.0. The summed E-state index contributed by atoms with van der Waals surface area (Å²) in [4.78, 5) is 33.4. The van der Waals surface area contributed by atoms with E-state index in [1.165, 1.54) is 16.2 Å². The van der Waals surface area contributed by atoms with E-state index in [1.807, 2.05) is 24.3 Å². The fourth-order valence-corrected chi connectivity index (χ4v) is 5.45. The van der Waals surface area contributed by atoms with Crippen LogP contribution in [-0.2, 0) is 0 Å². The predicted molar refractivity (Wildman–Crippen MR) is 129 cm³/mol. The molecule has 0 aliphatic carbocycles. The Bertz CT molecular complexity index is 1640. The van der Waals surface area contributed by atoms with Crippen molar-refractivity contribution in [2.45, 2.75) is 6.04 Å². The first-order valence-electron chi connectivity index (χ1n) is 10.1. The monoisotopic (exact) mass is 474 g/mol. The Kier molecular flexibility index (Phi) is 4.50. The number of amides is 1. The molecule has 0 N–H and O–H groups in total.